The molecule has 0 radical (unpaired) electrons. The van der Waals surface area contributed by atoms with Crippen molar-refractivity contribution >= 4 is 17.7 Å². The molecule has 6 heteroatoms. The quantitative estimate of drug-likeness (QED) is 0.757. The number of benzene rings is 1. The number of rotatable bonds is 6. The second-order valence-electron chi connectivity index (χ2n) is 4.25. The van der Waals surface area contributed by atoms with E-state index in [0.717, 1.165) is 0 Å². The zero-order valence-corrected chi connectivity index (χ0v) is 11.3. The highest BCUT2D eigenvalue weighted by atomic mass is 16.5. The number of carbonyl (C=O) groups excluding carboxylic acids is 2. The molecule has 0 saturated carbocycles. The van der Waals surface area contributed by atoms with E-state index in [9.17, 15) is 19.5 Å². The van der Waals surface area contributed by atoms with Crippen LogP contribution in [-0.2, 0) is 20.7 Å². The Labute approximate surface area is 116 Å². The fourth-order valence-corrected chi connectivity index (χ4v) is 1.75. The van der Waals surface area contributed by atoms with E-state index in [1.54, 1.807) is 6.92 Å². The lowest BCUT2D eigenvalue weighted by atomic mass is 9.96. The minimum absolute atomic E-state index is 0.0111. The van der Waals surface area contributed by atoms with E-state index in [4.69, 9.17) is 9.84 Å². The van der Waals surface area contributed by atoms with Crippen molar-refractivity contribution in [2.45, 2.75) is 26.4 Å². The standard InChI is InChI=1S/C14H16O6/c1-3-20-14(19)10-5-4-9(6-8(2)15)11(7-10)12(16)13(17)18/h4-5,7,12,16H,3,6H2,1-2H3,(H,17,18). The maximum atomic E-state index is 11.6. The summed E-state index contributed by atoms with van der Waals surface area (Å²) in [5, 5.41) is 18.5. The molecule has 0 aromatic heterocycles. The van der Waals surface area contributed by atoms with Crippen molar-refractivity contribution in [1.29, 1.82) is 0 Å². The Morgan fingerprint density at radius 2 is 1.95 bits per heavy atom. The highest BCUT2D eigenvalue weighted by Crippen LogP contribution is 2.22. The van der Waals surface area contributed by atoms with Gasteiger partial charge in [-0.3, -0.25) is 4.79 Å². The van der Waals surface area contributed by atoms with Gasteiger partial charge in [-0.1, -0.05) is 6.07 Å². The molecule has 0 bridgehead atoms. The lowest BCUT2D eigenvalue weighted by Crippen LogP contribution is -2.15. The number of Topliss-reactive ketones (excluding diaryl/α,β-unsaturated/α-hetero) is 1. The Balaban J connectivity index is 3.24. The third kappa shape index (κ3) is 3.89. The number of ether oxygens (including phenoxy) is 1. The van der Waals surface area contributed by atoms with Gasteiger partial charge in [-0.25, -0.2) is 9.59 Å². The Morgan fingerprint density at radius 3 is 2.45 bits per heavy atom. The van der Waals surface area contributed by atoms with E-state index in [0.29, 0.717) is 5.56 Å². The van der Waals surface area contributed by atoms with Crippen molar-refractivity contribution < 1.29 is 29.3 Å². The Kier molecular flexibility index (Phi) is 5.40. The summed E-state index contributed by atoms with van der Waals surface area (Å²) in [7, 11) is 0. The zero-order chi connectivity index (χ0) is 15.3. The predicted molar refractivity (Wildman–Crippen MR) is 69.4 cm³/mol. The number of aliphatic hydroxyl groups is 1. The van der Waals surface area contributed by atoms with E-state index < -0.39 is 18.0 Å². The Morgan fingerprint density at radius 1 is 1.30 bits per heavy atom. The zero-order valence-electron chi connectivity index (χ0n) is 11.3. The third-order valence-electron chi connectivity index (χ3n) is 2.62. The van der Waals surface area contributed by atoms with Crippen LogP contribution in [0.5, 0.6) is 0 Å². The van der Waals surface area contributed by atoms with Gasteiger partial charge in [-0.15, -0.1) is 0 Å². The van der Waals surface area contributed by atoms with Crippen LogP contribution in [0.15, 0.2) is 18.2 Å². The van der Waals surface area contributed by atoms with E-state index in [2.05, 4.69) is 0 Å². The molecule has 1 aromatic rings. The SMILES string of the molecule is CCOC(=O)c1ccc(CC(C)=O)c(C(O)C(=O)O)c1. The van der Waals surface area contributed by atoms with Crippen molar-refractivity contribution in [2.24, 2.45) is 0 Å². The van der Waals surface area contributed by atoms with Crippen molar-refractivity contribution in [2.75, 3.05) is 6.61 Å². The van der Waals surface area contributed by atoms with Gasteiger partial charge in [0.25, 0.3) is 0 Å². The van der Waals surface area contributed by atoms with Gasteiger partial charge in [0.15, 0.2) is 6.10 Å². The van der Waals surface area contributed by atoms with Gasteiger partial charge in [-0.05, 0) is 37.1 Å². The second-order valence-corrected chi connectivity index (χ2v) is 4.25. The Hall–Kier alpha value is -2.21. The highest BCUT2D eigenvalue weighted by molar-refractivity contribution is 5.90. The van der Waals surface area contributed by atoms with Crippen LogP contribution >= 0.6 is 0 Å². The second kappa shape index (κ2) is 6.81. The first-order chi connectivity index (χ1) is 9.36. The first-order valence-corrected chi connectivity index (χ1v) is 6.07. The van der Waals surface area contributed by atoms with E-state index >= 15 is 0 Å². The third-order valence-corrected chi connectivity index (χ3v) is 2.62. The normalized spacial score (nSPS) is 11.8. The molecule has 1 unspecified atom stereocenters. The van der Waals surface area contributed by atoms with E-state index in [1.807, 2.05) is 0 Å². The maximum absolute atomic E-state index is 11.6. The summed E-state index contributed by atoms with van der Waals surface area (Å²) in [6, 6.07) is 4.14. The monoisotopic (exact) mass is 280 g/mol. The summed E-state index contributed by atoms with van der Waals surface area (Å²) in [4.78, 5) is 33.7. The highest BCUT2D eigenvalue weighted by Gasteiger charge is 2.22. The largest absolute Gasteiger partial charge is 0.479 e. The summed E-state index contributed by atoms with van der Waals surface area (Å²) < 4.78 is 4.81. The molecule has 2 N–H and O–H groups in total. The van der Waals surface area contributed by atoms with Crippen molar-refractivity contribution in [3.63, 3.8) is 0 Å². The summed E-state index contributed by atoms with van der Waals surface area (Å²) in [6.45, 7) is 3.19. The van der Waals surface area contributed by atoms with Crippen LogP contribution in [0.25, 0.3) is 0 Å². The number of carbonyl (C=O) groups is 3. The van der Waals surface area contributed by atoms with Gasteiger partial charge in [0.05, 0.1) is 12.2 Å². The molecule has 0 aliphatic carbocycles. The summed E-state index contributed by atoms with van der Waals surface area (Å²) in [5.74, 6) is -2.23. The minimum atomic E-state index is -1.79. The molecule has 0 aliphatic rings. The molecule has 1 rings (SSSR count). The Bertz CT molecular complexity index is 534. The molecule has 0 heterocycles. The van der Waals surface area contributed by atoms with E-state index in [1.165, 1.54) is 25.1 Å². The van der Waals surface area contributed by atoms with Crippen LogP contribution in [0, 0.1) is 0 Å². The molecule has 0 amide bonds. The fourth-order valence-electron chi connectivity index (χ4n) is 1.75. The van der Waals surface area contributed by atoms with Crippen LogP contribution in [0.4, 0.5) is 0 Å². The van der Waals surface area contributed by atoms with Crippen LogP contribution in [0.2, 0.25) is 0 Å². The number of hydrogen-bond donors (Lipinski definition) is 2. The fraction of sp³-hybridized carbons (Fsp3) is 0.357. The molecule has 1 atom stereocenters. The number of aliphatic carboxylic acids is 1. The first-order valence-electron chi connectivity index (χ1n) is 6.07. The molecular weight excluding hydrogens is 264 g/mol. The molecule has 0 saturated heterocycles. The smallest absolute Gasteiger partial charge is 0.338 e. The minimum Gasteiger partial charge on any atom is -0.479 e. The molecular formula is C14H16O6. The molecule has 0 fully saturated rings. The number of hydrogen-bond acceptors (Lipinski definition) is 5. The lowest BCUT2D eigenvalue weighted by molar-refractivity contribution is -0.147. The summed E-state index contributed by atoms with van der Waals surface area (Å²) >= 11 is 0. The first kappa shape index (κ1) is 15.8. The molecule has 20 heavy (non-hydrogen) atoms. The number of aliphatic hydroxyl groups excluding tert-OH is 1. The number of carboxylic acids is 1. The van der Waals surface area contributed by atoms with Gasteiger partial charge in [0.2, 0.25) is 0 Å². The van der Waals surface area contributed by atoms with Gasteiger partial charge in [-0.2, -0.15) is 0 Å². The molecule has 6 nitrogen and oxygen atoms in total. The molecule has 0 aliphatic heterocycles. The molecule has 0 spiro atoms. The van der Waals surface area contributed by atoms with E-state index in [-0.39, 0.29) is 29.9 Å². The average Bonchev–Trinajstić information content (AvgIpc) is 2.37. The van der Waals surface area contributed by atoms with Gasteiger partial charge in [0, 0.05) is 6.42 Å². The summed E-state index contributed by atoms with van der Waals surface area (Å²) in [6.07, 6.45) is -1.80. The van der Waals surface area contributed by atoms with Crippen molar-refractivity contribution in [3.8, 4) is 0 Å². The molecule has 1 aromatic carbocycles. The van der Waals surface area contributed by atoms with Crippen LogP contribution in [0.3, 0.4) is 0 Å². The van der Waals surface area contributed by atoms with Gasteiger partial charge < -0.3 is 14.9 Å². The molecule has 108 valence electrons. The average molecular weight is 280 g/mol. The van der Waals surface area contributed by atoms with Crippen LogP contribution in [0.1, 0.15) is 41.4 Å². The maximum Gasteiger partial charge on any atom is 0.338 e. The van der Waals surface area contributed by atoms with Crippen LogP contribution < -0.4 is 0 Å². The van der Waals surface area contributed by atoms with Crippen molar-refractivity contribution in [1.82, 2.24) is 0 Å². The summed E-state index contributed by atoms with van der Waals surface area (Å²) in [5.41, 5.74) is 0.535. The van der Waals surface area contributed by atoms with Crippen molar-refractivity contribution in [3.05, 3.63) is 34.9 Å². The topological polar surface area (TPSA) is 101 Å². The van der Waals surface area contributed by atoms with Gasteiger partial charge in [0.1, 0.15) is 5.78 Å². The number of esters is 1. The van der Waals surface area contributed by atoms with Gasteiger partial charge >= 0.3 is 11.9 Å². The number of ketones is 1. The van der Waals surface area contributed by atoms with Crippen LogP contribution in [-0.4, -0.2) is 34.5 Å². The predicted octanol–water partition coefficient (Wildman–Crippen LogP) is 1.11. The number of carboxylic acid groups (broad SMARTS) is 1. The lowest BCUT2D eigenvalue weighted by Gasteiger charge is -2.13.